The molecule has 0 bridgehead atoms. The number of rotatable bonds is 2. The predicted octanol–water partition coefficient (Wildman–Crippen LogP) is 0.216. The molecule has 0 aliphatic heterocycles. The lowest BCUT2D eigenvalue weighted by Gasteiger charge is -1.83. The number of carboxylic acid groups (broad SMARTS) is 1. The van der Waals surface area contributed by atoms with Gasteiger partial charge in [0.25, 0.3) is 0 Å². The maximum Gasteiger partial charge on any atom is 0.338 e. The normalized spacial score (nSPS) is 10.9. The van der Waals surface area contributed by atoms with Gasteiger partial charge < -0.3 is 5.11 Å². The summed E-state index contributed by atoms with van der Waals surface area (Å²) in [7, 11) is 0. The van der Waals surface area contributed by atoms with E-state index >= 15 is 0 Å². The summed E-state index contributed by atoms with van der Waals surface area (Å²) in [5, 5.41) is 8.07. The molecule has 0 rings (SSSR count). The average molecular weight is 114 g/mol. The number of aliphatic carboxylic acids is 1. The van der Waals surface area contributed by atoms with Crippen molar-refractivity contribution in [1.82, 2.24) is 0 Å². The molecule has 0 spiro atoms. The summed E-state index contributed by atoms with van der Waals surface area (Å²) in [6.45, 7) is 1.50. The highest BCUT2D eigenvalue weighted by Crippen LogP contribution is 1.85. The van der Waals surface area contributed by atoms with Crippen molar-refractivity contribution in [1.29, 1.82) is 0 Å². The zero-order chi connectivity index (χ0) is 6.57. The first-order valence-electron chi connectivity index (χ1n) is 2.07. The predicted molar refractivity (Wildman–Crippen MR) is 27.5 cm³/mol. The van der Waals surface area contributed by atoms with E-state index < -0.39 is 5.97 Å². The van der Waals surface area contributed by atoms with Crippen LogP contribution in [0.1, 0.15) is 6.92 Å². The molecule has 0 amide bonds. The molecule has 0 aliphatic carbocycles. The fourth-order valence-corrected chi connectivity index (χ4v) is 0.242. The van der Waals surface area contributed by atoms with Crippen LogP contribution in [0.2, 0.25) is 0 Å². The van der Waals surface area contributed by atoms with Crippen molar-refractivity contribution in [3.05, 3.63) is 11.6 Å². The highest BCUT2D eigenvalue weighted by Gasteiger charge is 2.00. The Bertz CT molecular complexity index is 135. The summed E-state index contributed by atoms with van der Waals surface area (Å²) in [5.74, 6) is -1.18. The van der Waals surface area contributed by atoms with E-state index in [1.807, 2.05) is 0 Å². The fourth-order valence-electron chi connectivity index (χ4n) is 0.242. The van der Waals surface area contributed by atoms with Crippen LogP contribution in [0.3, 0.4) is 0 Å². The Hall–Kier alpha value is -1.12. The molecule has 0 fully saturated rings. The van der Waals surface area contributed by atoms with E-state index in [0.717, 1.165) is 0 Å². The number of aldehydes is 1. The first kappa shape index (κ1) is 6.88. The quantitative estimate of drug-likeness (QED) is 0.242. The molecule has 0 saturated heterocycles. The van der Waals surface area contributed by atoms with Gasteiger partial charge in [-0.15, -0.1) is 0 Å². The highest BCUT2D eigenvalue weighted by atomic mass is 16.4. The van der Waals surface area contributed by atoms with E-state index in [1.165, 1.54) is 13.0 Å². The first-order valence-corrected chi connectivity index (χ1v) is 2.07. The number of carbonyl (C=O) groups excluding carboxylic acids is 1. The average Bonchev–Trinajstić information content (AvgIpc) is 1.69. The largest absolute Gasteiger partial charge is 0.478 e. The van der Waals surface area contributed by atoms with E-state index in [9.17, 15) is 9.59 Å². The lowest BCUT2D eigenvalue weighted by molar-refractivity contribution is -0.133. The Labute approximate surface area is 46.6 Å². The summed E-state index contributed by atoms with van der Waals surface area (Å²) in [6.07, 6.45) is 1.55. The van der Waals surface area contributed by atoms with Gasteiger partial charge in [0, 0.05) is 0 Å². The molecule has 0 aromatic rings. The summed E-state index contributed by atoms with van der Waals surface area (Å²) in [4.78, 5) is 19.6. The first-order chi connectivity index (χ1) is 3.72. The molecule has 0 heterocycles. The van der Waals surface area contributed by atoms with E-state index in [-0.39, 0.29) is 5.57 Å². The number of hydrogen-bond donors (Lipinski definition) is 1. The Morgan fingerprint density at radius 1 is 1.62 bits per heavy atom. The van der Waals surface area contributed by atoms with E-state index in [1.54, 1.807) is 0 Å². The van der Waals surface area contributed by atoms with Crippen LogP contribution < -0.4 is 0 Å². The summed E-state index contributed by atoms with van der Waals surface area (Å²) < 4.78 is 0. The van der Waals surface area contributed by atoms with Crippen molar-refractivity contribution in [2.45, 2.75) is 6.92 Å². The van der Waals surface area contributed by atoms with Gasteiger partial charge in [0.2, 0.25) is 0 Å². The molecular formula is C5H6O3. The van der Waals surface area contributed by atoms with Crippen LogP contribution in [0.4, 0.5) is 0 Å². The molecule has 3 heteroatoms. The van der Waals surface area contributed by atoms with Gasteiger partial charge in [0.05, 0.1) is 5.57 Å². The number of carbonyl (C=O) groups is 2. The Morgan fingerprint density at radius 3 is 2.12 bits per heavy atom. The minimum absolute atomic E-state index is 0.204. The molecule has 0 aromatic heterocycles. The van der Waals surface area contributed by atoms with E-state index in [4.69, 9.17) is 5.11 Å². The topological polar surface area (TPSA) is 54.4 Å². The Morgan fingerprint density at radius 2 is 2.12 bits per heavy atom. The summed E-state index contributed by atoms with van der Waals surface area (Å²) >= 11 is 0. The van der Waals surface area contributed by atoms with Gasteiger partial charge >= 0.3 is 5.97 Å². The molecule has 3 nitrogen and oxygen atoms in total. The number of carboxylic acids is 1. The Kier molecular flexibility index (Phi) is 2.54. The van der Waals surface area contributed by atoms with Gasteiger partial charge in [0.15, 0.2) is 6.29 Å². The second kappa shape index (κ2) is 2.96. The van der Waals surface area contributed by atoms with Crippen molar-refractivity contribution in [2.24, 2.45) is 0 Å². The maximum absolute atomic E-state index is 9.86. The SMILES string of the molecule is C/C=C(\C=O)C(=O)O. The van der Waals surface area contributed by atoms with Crippen LogP contribution in [0.25, 0.3) is 0 Å². The van der Waals surface area contributed by atoms with Gasteiger partial charge in [-0.1, -0.05) is 6.08 Å². The lowest BCUT2D eigenvalue weighted by Crippen LogP contribution is -1.99. The molecule has 0 radical (unpaired) electrons. The van der Waals surface area contributed by atoms with Gasteiger partial charge in [-0.05, 0) is 6.92 Å². The standard InChI is InChI=1S/C5H6O3/c1-2-4(3-6)5(7)8/h2-3H,1H3,(H,7,8)/b4-2+. The van der Waals surface area contributed by atoms with Gasteiger partial charge in [-0.2, -0.15) is 0 Å². The minimum Gasteiger partial charge on any atom is -0.478 e. The highest BCUT2D eigenvalue weighted by molar-refractivity contribution is 6.06. The van der Waals surface area contributed by atoms with Crippen molar-refractivity contribution < 1.29 is 14.7 Å². The third kappa shape index (κ3) is 1.55. The molecule has 44 valence electrons. The molecule has 0 aliphatic rings. The van der Waals surface area contributed by atoms with Gasteiger partial charge in [0.1, 0.15) is 0 Å². The third-order valence-electron chi connectivity index (χ3n) is 0.685. The van der Waals surface area contributed by atoms with E-state index in [2.05, 4.69) is 0 Å². The van der Waals surface area contributed by atoms with Crippen LogP contribution in [-0.4, -0.2) is 17.4 Å². The minimum atomic E-state index is -1.18. The van der Waals surface area contributed by atoms with Gasteiger partial charge in [-0.3, -0.25) is 4.79 Å². The maximum atomic E-state index is 9.86. The van der Waals surface area contributed by atoms with Crippen LogP contribution >= 0.6 is 0 Å². The van der Waals surface area contributed by atoms with Crippen LogP contribution in [0.15, 0.2) is 11.6 Å². The smallest absolute Gasteiger partial charge is 0.338 e. The molecule has 1 N–H and O–H groups in total. The zero-order valence-electron chi connectivity index (χ0n) is 4.42. The van der Waals surface area contributed by atoms with Crippen molar-refractivity contribution >= 4 is 12.3 Å². The van der Waals surface area contributed by atoms with Crippen molar-refractivity contribution in [3.8, 4) is 0 Å². The van der Waals surface area contributed by atoms with E-state index in [0.29, 0.717) is 6.29 Å². The zero-order valence-corrected chi connectivity index (χ0v) is 4.42. The number of allylic oxidation sites excluding steroid dienone is 1. The fraction of sp³-hybridized carbons (Fsp3) is 0.200. The monoisotopic (exact) mass is 114 g/mol. The second-order valence-corrected chi connectivity index (χ2v) is 1.17. The molecule has 0 atom stereocenters. The van der Waals surface area contributed by atoms with Crippen LogP contribution in [0, 0.1) is 0 Å². The molecule has 0 aromatic carbocycles. The van der Waals surface area contributed by atoms with Crippen LogP contribution in [-0.2, 0) is 9.59 Å². The molecular weight excluding hydrogens is 108 g/mol. The Balaban J connectivity index is 4.13. The number of hydrogen-bond acceptors (Lipinski definition) is 2. The van der Waals surface area contributed by atoms with Crippen molar-refractivity contribution in [2.75, 3.05) is 0 Å². The molecule has 0 unspecified atom stereocenters. The molecule has 0 saturated carbocycles. The van der Waals surface area contributed by atoms with Gasteiger partial charge in [-0.25, -0.2) is 4.79 Å². The third-order valence-corrected chi connectivity index (χ3v) is 0.685. The second-order valence-electron chi connectivity index (χ2n) is 1.17. The summed E-state index contributed by atoms with van der Waals surface area (Å²) in [5.41, 5.74) is -0.204. The van der Waals surface area contributed by atoms with Crippen molar-refractivity contribution in [3.63, 3.8) is 0 Å². The lowest BCUT2D eigenvalue weighted by atomic mass is 10.3. The molecule has 8 heavy (non-hydrogen) atoms. The summed E-state index contributed by atoms with van der Waals surface area (Å²) in [6, 6.07) is 0. The van der Waals surface area contributed by atoms with Crippen LogP contribution in [0.5, 0.6) is 0 Å².